The predicted molar refractivity (Wildman–Crippen MR) is 85.2 cm³/mol. The molecule has 2 aromatic rings. The van der Waals surface area contributed by atoms with E-state index in [-0.39, 0.29) is 0 Å². The lowest BCUT2D eigenvalue weighted by Crippen LogP contribution is -2.15. The van der Waals surface area contributed by atoms with Gasteiger partial charge >= 0.3 is 0 Å². The van der Waals surface area contributed by atoms with Crippen LogP contribution in [0.4, 0.5) is 0 Å². The summed E-state index contributed by atoms with van der Waals surface area (Å²) in [5, 5.41) is 8.11. The van der Waals surface area contributed by atoms with Crippen molar-refractivity contribution in [3.05, 3.63) is 46.2 Å². The van der Waals surface area contributed by atoms with Crippen LogP contribution in [0, 0.1) is 0 Å². The average molecular weight is 334 g/mol. The SMILES string of the molecule is CCCNCc1cnn(-c2cccc(Br)c2)c1C1CC1. The Labute approximate surface area is 128 Å². The van der Waals surface area contributed by atoms with E-state index < -0.39 is 0 Å². The molecule has 0 unspecified atom stereocenters. The van der Waals surface area contributed by atoms with E-state index in [0.29, 0.717) is 5.92 Å². The summed E-state index contributed by atoms with van der Waals surface area (Å²) in [6.07, 6.45) is 5.77. The monoisotopic (exact) mass is 333 g/mol. The van der Waals surface area contributed by atoms with Crippen molar-refractivity contribution in [3.8, 4) is 5.69 Å². The smallest absolute Gasteiger partial charge is 0.0660 e. The van der Waals surface area contributed by atoms with E-state index in [9.17, 15) is 0 Å². The highest BCUT2D eigenvalue weighted by Crippen LogP contribution is 2.42. The molecule has 1 fully saturated rings. The Morgan fingerprint density at radius 2 is 2.25 bits per heavy atom. The molecule has 0 atom stereocenters. The lowest BCUT2D eigenvalue weighted by Gasteiger charge is -2.10. The second-order valence-corrected chi connectivity index (χ2v) is 6.31. The minimum atomic E-state index is 0.690. The summed E-state index contributed by atoms with van der Waals surface area (Å²) >= 11 is 3.54. The van der Waals surface area contributed by atoms with E-state index >= 15 is 0 Å². The van der Waals surface area contributed by atoms with E-state index in [1.54, 1.807) is 0 Å². The predicted octanol–water partition coefficient (Wildman–Crippen LogP) is 4.01. The van der Waals surface area contributed by atoms with Crippen LogP contribution < -0.4 is 5.32 Å². The summed E-state index contributed by atoms with van der Waals surface area (Å²) < 4.78 is 3.21. The molecule has 1 aromatic heterocycles. The van der Waals surface area contributed by atoms with Gasteiger partial charge in [-0.3, -0.25) is 0 Å². The lowest BCUT2D eigenvalue weighted by atomic mass is 10.1. The summed E-state index contributed by atoms with van der Waals surface area (Å²) in [5.41, 5.74) is 3.88. The third-order valence-electron chi connectivity index (χ3n) is 3.65. The molecule has 0 bridgehead atoms. The van der Waals surface area contributed by atoms with Crippen molar-refractivity contribution in [3.63, 3.8) is 0 Å². The first-order chi connectivity index (χ1) is 9.79. The number of aromatic nitrogens is 2. The summed E-state index contributed by atoms with van der Waals surface area (Å²) in [6, 6.07) is 8.36. The highest BCUT2D eigenvalue weighted by atomic mass is 79.9. The van der Waals surface area contributed by atoms with Crippen molar-refractivity contribution in [2.24, 2.45) is 0 Å². The first-order valence-corrected chi connectivity index (χ1v) is 8.12. The zero-order chi connectivity index (χ0) is 13.9. The van der Waals surface area contributed by atoms with Crippen molar-refractivity contribution < 1.29 is 0 Å². The van der Waals surface area contributed by atoms with Crippen LogP contribution in [0.1, 0.15) is 43.4 Å². The van der Waals surface area contributed by atoms with Crippen molar-refractivity contribution in [1.29, 1.82) is 0 Å². The highest BCUT2D eigenvalue weighted by molar-refractivity contribution is 9.10. The molecule has 1 aromatic carbocycles. The number of halogens is 1. The van der Waals surface area contributed by atoms with Crippen LogP contribution in [0.15, 0.2) is 34.9 Å². The molecule has 0 spiro atoms. The average Bonchev–Trinajstić information content (AvgIpc) is 3.20. The van der Waals surface area contributed by atoms with Crippen molar-refractivity contribution in [1.82, 2.24) is 15.1 Å². The van der Waals surface area contributed by atoms with Crippen molar-refractivity contribution in [2.75, 3.05) is 6.54 Å². The van der Waals surface area contributed by atoms with E-state index in [4.69, 9.17) is 0 Å². The molecule has 0 saturated heterocycles. The molecular formula is C16H20BrN3. The fourth-order valence-corrected chi connectivity index (χ4v) is 2.92. The maximum atomic E-state index is 4.62. The Morgan fingerprint density at radius 3 is 2.95 bits per heavy atom. The number of nitrogens with zero attached hydrogens (tertiary/aromatic N) is 2. The Balaban J connectivity index is 1.91. The van der Waals surface area contributed by atoms with Gasteiger partial charge in [0.15, 0.2) is 0 Å². The summed E-state index contributed by atoms with van der Waals surface area (Å²) in [5.74, 6) is 0.690. The van der Waals surface area contributed by atoms with Gasteiger partial charge in [0, 0.05) is 22.5 Å². The zero-order valence-corrected chi connectivity index (χ0v) is 13.4. The van der Waals surface area contributed by atoms with Gasteiger partial charge in [-0.1, -0.05) is 28.9 Å². The van der Waals surface area contributed by atoms with Crippen LogP contribution in [0.2, 0.25) is 0 Å². The molecule has 1 aliphatic rings. The fourth-order valence-electron chi connectivity index (χ4n) is 2.53. The molecule has 106 valence electrons. The molecule has 3 rings (SSSR count). The Kier molecular flexibility index (Phi) is 4.22. The zero-order valence-electron chi connectivity index (χ0n) is 11.8. The molecule has 4 heteroatoms. The first kappa shape index (κ1) is 13.8. The molecule has 1 saturated carbocycles. The summed E-state index contributed by atoms with van der Waals surface area (Å²) in [4.78, 5) is 0. The Bertz CT molecular complexity index is 587. The van der Waals surface area contributed by atoms with E-state index in [0.717, 1.165) is 23.2 Å². The minimum Gasteiger partial charge on any atom is -0.313 e. The molecule has 0 aliphatic heterocycles. The van der Waals surface area contributed by atoms with Gasteiger partial charge in [-0.25, -0.2) is 4.68 Å². The van der Waals surface area contributed by atoms with Crippen LogP contribution in [-0.2, 0) is 6.54 Å². The van der Waals surface area contributed by atoms with Gasteiger partial charge < -0.3 is 5.32 Å². The summed E-state index contributed by atoms with van der Waals surface area (Å²) in [6.45, 7) is 4.18. The van der Waals surface area contributed by atoms with E-state index in [1.165, 1.54) is 30.5 Å². The van der Waals surface area contributed by atoms with Gasteiger partial charge in [-0.05, 0) is 44.0 Å². The maximum absolute atomic E-state index is 4.62. The third-order valence-corrected chi connectivity index (χ3v) is 4.14. The van der Waals surface area contributed by atoms with Gasteiger partial charge in [0.05, 0.1) is 17.6 Å². The second-order valence-electron chi connectivity index (χ2n) is 5.40. The minimum absolute atomic E-state index is 0.690. The normalized spacial score (nSPS) is 14.7. The van der Waals surface area contributed by atoms with Crippen LogP contribution in [-0.4, -0.2) is 16.3 Å². The number of rotatable bonds is 6. The van der Waals surface area contributed by atoms with Crippen LogP contribution in [0.5, 0.6) is 0 Å². The van der Waals surface area contributed by atoms with Crippen LogP contribution in [0.25, 0.3) is 5.69 Å². The molecule has 3 nitrogen and oxygen atoms in total. The van der Waals surface area contributed by atoms with Gasteiger partial charge in [0.25, 0.3) is 0 Å². The fraction of sp³-hybridized carbons (Fsp3) is 0.438. The third kappa shape index (κ3) is 2.96. The second kappa shape index (κ2) is 6.10. The number of benzene rings is 1. The molecule has 1 N–H and O–H groups in total. The lowest BCUT2D eigenvalue weighted by molar-refractivity contribution is 0.669. The van der Waals surface area contributed by atoms with Gasteiger partial charge in [-0.2, -0.15) is 5.10 Å². The molecule has 0 radical (unpaired) electrons. The van der Waals surface area contributed by atoms with Gasteiger partial charge in [0.1, 0.15) is 0 Å². The topological polar surface area (TPSA) is 29.9 Å². The van der Waals surface area contributed by atoms with Crippen LogP contribution >= 0.6 is 15.9 Å². The van der Waals surface area contributed by atoms with Gasteiger partial charge in [0.2, 0.25) is 0 Å². The molecule has 1 aliphatic carbocycles. The first-order valence-electron chi connectivity index (χ1n) is 7.33. The van der Waals surface area contributed by atoms with E-state index in [1.807, 2.05) is 12.3 Å². The number of nitrogens with one attached hydrogen (secondary N) is 1. The van der Waals surface area contributed by atoms with Crippen molar-refractivity contribution >= 4 is 15.9 Å². The highest BCUT2D eigenvalue weighted by Gasteiger charge is 2.30. The number of hydrogen-bond donors (Lipinski definition) is 1. The Morgan fingerprint density at radius 1 is 1.40 bits per heavy atom. The quantitative estimate of drug-likeness (QED) is 0.809. The molecule has 1 heterocycles. The molecule has 20 heavy (non-hydrogen) atoms. The van der Waals surface area contributed by atoms with Crippen molar-refractivity contribution in [2.45, 2.75) is 38.6 Å². The summed E-state index contributed by atoms with van der Waals surface area (Å²) in [7, 11) is 0. The standard InChI is InChI=1S/C16H20BrN3/c1-2-8-18-10-13-11-19-20(16(13)12-6-7-12)15-5-3-4-14(17)9-15/h3-5,9,11-12,18H,2,6-8,10H2,1H3. The largest absolute Gasteiger partial charge is 0.313 e. The van der Waals surface area contributed by atoms with Gasteiger partial charge in [-0.15, -0.1) is 0 Å². The molecule has 0 amide bonds. The Hall–Kier alpha value is -1.13. The van der Waals surface area contributed by atoms with E-state index in [2.05, 4.69) is 56.2 Å². The maximum Gasteiger partial charge on any atom is 0.0660 e. The van der Waals surface area contributed by atoms with Crippen LogP contribution in [0.3, 0.4) is 0 Å². The number of hydrogen-bond acceptors (Lipinski definition) is 2. The molecular weight excluding hydrogens is 314 g/mol.